The molecule has 1 fully saturated rings. The van der Waals surface area contributed by atoms with Crippen LogP contribution in [0.25, 0.3) is 0 Å². The minimum Gasteiger partial charge on any atom is -0.507 e. The number of aromatic hydroxyl groups is 1. The Kier molecular flexibility index (Phi) is 13.2. The van der Waals surface area contributed by atoms with Gasteiger partial charge >= 0.3 is 23.9 Å². The van der Waals surface area contributed by atoms with Crippen LogP contribution in [-0.2, 0) is 54.6 Å². The number of hydrogen-bond acceptors (Lipinski definition) is 13. The van der Waals surface area contributed by atoms with E-state index < -0.39 is 17.9 Å². The van der Waals surface area contributed by atoms with E-state index in [0.29, 0.717) is 73.0 Å². The number of allylic oxidation sites excluding steroid dienone is 4. The largest absolute Gasteiger partial charge is 0.507 e. The van der Waals surface area contributed by atoms with E-state index in [4.69, 9.17) is 33.2 Å². The van der Waals surface area contributed by atoms with Crippen molar-refractivity contribution < 1.29 is 57.4 Å². The van der Waals surface area contributed by atoms with E-state index >= 15 is 0 Å². The summed E-state index contributed by atoms with van der Waals surface area (Å²) in [6, 6.07) is 0. The summed E-state index contributed by atoms with van der Waals surface area (Å²) in [6.45, 7) is 11.6. The summed E-state index contributed by atoms with van der Waals surface area (Å²) in [5.41, 5.74) is 5.80. The van der Waals surface area contributed by atoms with Crippen LogP contribution in [0.4, 0.5) is 0 Å². The van der Waals surface area contributed by atoms with Gasteiger partial charge in [0.2, 0.25) is 0 Å². The molecule has 0 atom stereocenters. The molecular weight excluding hydrogens is 690 g/mol. The molecule has 286 valence electrons. The van der Waals surface area contributed by atoms with E-state index in [-0.39, 0.29) is 67.5 Å². The van der Waals surface area contributed by atoms with E-state index in [0.717, 1.165) is 35.4 Å². The van der Waals surface area contributed by atoms with E-state index in [1.54, 1.807) is 0 Å². The number of hydrogen-bond donors (Lipinski definition) is 1. The lowest BCUT2D eigenvalue weighted by molar-refractivity contribution is -0.144. The number of esters is 4. The molecule has 0 spiro atoms. The number of methoxy groups -OCH3 is 2. The molecule has 0 aliphatic carbocycles. The van der Waals surface area contributed by atoms with Crippen molar-refractivity contribution in [1.29, 1.82) is 0 Å². The number of benzene rings is 2. The molecule has 0 saturated carbocycles. The maximum absolute atomic E-state index is 13.4. The fourth-order valence-corrected chi connectivity index (χ4v) is 6.86. The standard InChI is InChI=1S/C40H49NO12/c1-23(7-11-27-35(44)33-29(21-51-39(33)45)25(3)36(27)47-5)10-14-32(43)53-38-28(37(48-6)26(4)30-22-52-40(46)34(30)38)12-8-24(2)9-13-31(42)50-20-17-41-15-18-49-19-16-41/h7-8,44H,9-22H2,1-6H3/b23-7+,24-8+/i31+2,32+2. The zero-order valence-electron chi connectivity index (χ0n) is 31.4. The lowest BCUT2D eigenvalue weighted by Crippen LogP contribution is -2.38. The molecule has 0 amide bonds. The summed E-state index contributed by atoms with van der Waals surface area (Å²) >= 11 is 0. The first-order valence-electron chi connectivity index (χ1n) is 17.9. The van der Waals surface area contributed by atoms with E-state index in [1.165, 1.54) is 14.2 Å². The molecule has 3 heterocycles. The number of rotatable bonds is 16. The Bertz CT molecular complexity index is 1820. The van der Waals surface area contributed by atoms with Crippen LogP contribution in [0, 0.1) is 13.8 Å². The Morgan fingerprint density at radius 3 is 1.92 bits per heavy atom. The Hall–Kier alpha value is -4.88. The average Bonchev–Trinajstić information content (AvgIpc) is 3.74. The highest BCUT2D eigenvalue weighted by molar-refractivity contribution is 5.99. The number of fused-ring (bicyclic) bond motifs is 2. The second-order valence-corrected chi connectivity index (χ2v) is 13.5. The average molecular weight is 740 g/mol. The maximum atomic E-state index is 13.4. The van der Waals surface area contributed by atoms with Gasteiger partial charge in [-0.1, -0.05) is 23.3 Å². The van der Waals surface area contributed by atoms with Crippen LogP contribution in [-0.4, -0.2) is 87.6 Å². The van der Waals surface area contributed by atoms with Gasteiger partial charge in [0, 0.05) is 54.7 Å². The quantitative estimate of drug-likeness (QED) is 0.101. The van der Waals surface area contributed by atoms with Gasteiger partial charge in [0.05, 0.1) is 27.4 Å². The number of ether oxygens (including phenoxy) is 7. The predicted octanol–water partition coefficient (Wildman–Crippen LogP) is 5.39. The summed E-state index contributed by atoms with van der Waals surface area (Å²) < 4.78 is 38.6. The first-order valence-corrected chi connectivity index (χ1v) is 17.9. The molecule has 5 rings (SSSR count). The van der Waals surface area contributed by atoms with Crippen LogP contribution in [0.1, 0.15) is 93.6 Å². The van der Waals surface area contributed by atoms with Crippen molar-refractivity contribution in [3.8, 4) is 23.0 Å². The topological polar surface area (TPSA) is 156 Å². The highest BCUT2D eigenvalue weighted by Crippen LogP contribution is 2.44. The van der Waals surface area contributed by atoms with Crippen molar-refractivity contribution in [3.63, 3.8) is 0 Å². The van der Waals surface area contributed by atoms with Crippen LogP contribution in [0.15, 0.2) is 23.3 Å². The van der Waals surface area contributed by atoms with Crippen LogP contribution in [0.3, 0.4) is 0 Å². The minimum atomic E-state index is -0.575. The van der Waals surface area contributed by atoms with Crippen LogP contribution >= 0.6 is 0 Å². The molecular formula is C40H49NO12. The Morgan fingerprint density at radius 2 is 1.32 bits per heavy atom. The number of phenolic OH excluding ortho intramolecular Hbond substituents is 1. The smallest absolute Gasteiger partial charge is 0.342 e. The van der Waals surface area contributed by atoms with Gasteiger partial charge in [0.15, 0.2) is 5.75 Å². The zero-order chi connectivity index (χ0) is 38.2. The second-order valence-electron chi connectivity index (χ2n) is 13.5. The van der Waals surface area contributed by atoms with Gasteiger partial charge in [-0.05, 0) is 64.5 Å². The molecule has 13 heteroatoms. The second kappa shape index (κ2) is 17.8. The SMILES string of the molecule is COc1c(C)c2c(c(O)c1C/C=C(\C)CC[14C](=O)Oc1c(C/C=C(\C)CC[14C](=O)OCCN3CCOCC3)c(OC)c(C)c3c1C(=O)OC3)C(=O)OC2. The van der Waals surface area contributed by atoms with Crippen LogP contribution in [0.5, 0.6) is 23.0 Å². The van der Waals surface area contributed by atoms with Gasteiger partial charge in [-0.3, -0.25) is 14.5 Å². The number of nitrogens with zero attached hydrogens (tertiary/aromatic N) is 1. The Morgan fingerprint density at radius 1 is 0.792 bits per heavy atom. The summed E-state index contributed by atoms with van der Waals surface area (Å²) in [5, 5.41) is 10.9. The molecule has 0 aromatic heterocycles. The third-order valence-corrected chi connectivity index (χ3v) is 10.0. The minimum absolute atomic E-state index is 0.00294. The number of phenols is 1. The summed E-state index contributed by atoms with van der Waals surface area (Å²) in [6.07, 6.45) is 5.36. The lowest BCUT2D eigenvalue weighted by atomic mass is 9.94. The highest BCUT2D eigenvalue weighted by Gasteiger charge is 2.35. The maximum Gasteiger partial charge on any atom is 0.342 e. The summed E-state index contributed by atoms with van der Waals surface area (Å²) in [4.78, 5) is 53.2. The first kappa shape index (κ1) is 39.3. The molecule has 1 N–H and O–H groups in total. The van der Waals surface area contributed by atoms with Gasteiger partial charge in [-0.15, -0.1) is 0 Å². The van der Waals surface area contributed by atoms with Gasteiger partial charge in [0.1, 0.15) is 48.2 Å². The van der Waals surface area contributed by atoms with Crippen molar-refractivity contribution in [2.45, 2.75) is 79.4 Å². The van der Waals surface area contributed by atoms with E-state index in [9.17, 15) is 24.3 Å². The highest BCUT2D eigenvalue weighted by atomic mass is 16.8. The van der Waals surface area contributed by atoms with E-state index in [1.807, 2.05) is 39.8 Å². The molecule has 13 nitrogen and oxygen atoms in total. The number of cyclic esters (lactones) is 2. The fraction of sp³-hybridized carbons (Fsp3) is 0.500. The molecule has 3 aliphatic heterocycles. The molecule has 3 aliphatic rings. The van der Waals surface area contributed by atoms with Gasteiger partial charge in [-0.2, -0.15) is 0 Å². The Balaban J connectivity index is 1.25. The van der Waals surface area contributed by atoms with Crippen molar-refractivity contribution in [2.75, 3.05) is 53.7 Å². The summed E-state index contributed by atoms with van der Waals surface area (Å²) in [7, 11) is 3.03. The van der Waals surface area contributed by atoms with Crippen LogP contribution < -0.4 is 14.2 Å². The number of carbonyl (C=O) groups is 4. The number of carbonyl (C=O) groups excluding carboxylic acids is 4. The molecule has 0 unspecified atom stereocenters. The predicted molar refractivity (Wildman–Crippen MR) is 193 cm³/mol. The third-order valence-electron chi connectivity index (χ3n) is 10.0. The Labute approximate surface area is 309 Å². The van der Waals surface area contributed by atoms with E-state index in [2.05, 4.69) is 4.90 Å². The summed E-state index contributed by atoms with van der Waals surface area (Å²) in [5.74, 6) is -1.06. The molecule has 0 radical (unpaired) electrons. The van der Waals surface area contributed by atoms with Crippen molar-refractivity contribution in [3.05, 3.63) is 67.8 Å². The lowest BCUT2D eigenvalue weighted by Gasteiger charge is -2.26. The fourth-order valence-electron chi connectivity index (χ4n) is 6.86. The molecule has 53 heavy (non-hydrogen) atoms. The van der Waals surface area contributed by atoms with Gasteiger partial charge < -0.3 is 38.3 Å². The third kappa shape index (κ3) is 9.02. The van der Waals surface area contributed by atoms with Gasteiger partial charge in [-0.25, -0.2) is 9.59 Å². The molecule has 0 bridgehead atoms. The molecule has 2 aromatic rings. The molecule has 2 aromatic carbocycles. The van der Waals surface area contributed by atoms with Crippen molar-refractivity contribution in [1.82, 2.24) is 4.90 Å². The first-order chi connectivity index (χ1) is 25.4. The monoisotopic (exact) mass is 739 g/mol. The van der Waals surface area contributed by atoms with Crippen molar-refractivity contribution in [2.24, 2.45) is 0 Å². The number of morpholine rings is 1. The zero-order valence-corrected chi connectivity index (χ0v) is 31.4. The van der Waals surface area contributed by atoms with Crippen LogP contribution in [0.2, 0.25) is 0 Å². The van der Waals surface area contributed by atoms with Gasteiger partial charge in [0.25, 0.3) is 0 Å². The molecule has 1 saturated heterocycles. The van der Waals surface area contributed by atoms with Crippen molar-refractivity contribution >= 4 is 23.9 Å². The normalized spacial score (nSPS) is 15.8.